The van der Waals surface area contributed by atoms with Crippen LogP contribution in [-0.2, 0) is 6.42 Å². The molecule has 0 aliphatic heterocycles. The quantitative estimate of drug-likeness (QED) is 0.537. The number of carbonyl (C=O) groups excluding carboxylic acids is 1. The summed E-state index contributed by atoms with van der Waals surface area (Å²) >= 11 is 5.92. The van der Waals surface area contributed by atoms with Crippen LogP contribution in [0.25, 0.3) is 0 Å². The third-order valence-electron chi connectivity index (χ3n) is 3.55. The topological polar surface area (TPSA) is 90.7 Å². The average Bonchev–Trinajstić information content (AvgIpc) is 2.62. The van der Waals surface area contributed by atoms with Crippen LogP contribution in [0.4, 0.5) is 14.5 Å². The molecule has 0 spiro atoms. The number of nitrogens with one attached hydrogen (secondary N) is 1. The molecule has 0 unspecified atom stereocenters. The van der Waals surface area contributed by atoms with E-state index < -0.39 is 17.4 Å². The van der Waals surface area contributed by atoms with Gasteiger partial charge in [-0.2, -0.15) is 8.78 Å². The molecule has 0 saturated carbocycles. The maximum atomic E-state index is 12.3. The van der Waals surface area contributed by atoms with Gasteiger partial charge in [0.1, 0.15) is 0 Å². The Morgan fingerprint density at radius 1 is 1.26 bits per heavy atom. The smallest absolute Gasteiger partial charge is 0.387 e. The number of benzene rings is 2. The van der Waals surface area contributed by atoms with Gasteiger partial charge in [0.2, 0.25) is 0 Å². The zero-order chi connectivity index (χ0) is 20.0. The van der Waals surface area contributed by atoms with Crippen molar-refractivity contribution in [2.45, 2.75) is 13.0 Å². The highest BCUT2D eigenvalue weighted by atomic mass is 35.5. The summed E-state index contributed by atoms with van der Waals surface area (Å²) in [4.78, 5) is 22.4. The van der Waals surface area contributed by atoms with Crippen LogP contribution >= 0.6 is 11.6 Å². The first-order chi connectivity index (χ1) is 12.8. The lowest BCUT2D eigenvalue weighted by atomic mass is 10.1. The maximum absolute atomic E-state index is 12.3. The summed E-state index contributed by atoms with van der Waals surface area (Å²) in [5.74, 6) is -0.516. The molecule has 2 rings (SSSR count). The average molecular weight is 401 g/mol. The van der Waals surface area contributed by atoms with Crippen LogP contribution in [0.1, 0.15) is 15.9 Å². The number of amides is 1. The first kappa shape index (κ1) is 20.4. The second-order valence-corrected chi connectivity index (χ2v) is 5.70. The number of nitro benzene ring substituents is 1. The van der Waals surface area contributed by atoms with Crippen molar-refractivity contribution in [2.75, 3.05) is 13.7 Å². The molecule has 7 nitrogen and oxygen atoms in total. The van der Waals surface area contributed by atoms with Gasteiger partial charge in [0, 0.05) is 18.7 Å². The molecule has 0 saturated heterocycles. The van der Waals surface area contributed by atoms with E-state index in [0.717, 1.165) is 6.07 Å². The van der Waals surface area contributed by atoms with E-state index in [0.29, 0.717) is 12.0 Å². The minimum Gasteiger partial charge on any atom is -0.493 e. The summed E-state index contributed by atoms with van der Waals surface area (Å²) in [6, 6.07) is 8.00. The monoisotopic (exact) mass is 400 g/mol. The highest BCUT2D eigenvalue weighted by Crippen LogP contribution is 2.29. The Bertz CT molecular complexity index is 848. The Morgan fingerprint density at radius 2 is 2.00 bits per heavy atom. The molecule has 144 valence electrons. The molecule has 1 N–H and O–H groups in total. The normalized spacial score (nSPS) is 10.6. The van der Waals surface area contributed by atoms with Gasteiger partial charge in [0.15, 0.2) is 11.5 Å². The molecule has 0 aromatic heterocycles. The van der Waals surface area contributed by atoms with E-state index in [4.69, 9.17) is 16.3 Å². The zero-order valence-corrected chi connectivity index (χ0v) is 14.8. The second-order valence-electron chi connectivity index (χ2n) is 5.29. The predicted octanol–water partition coefficient (Wildman–Crippen LogP) is 3.83. The Hall–Kier alpha value is -2.94. The van der Waals surface area contributed by atoms with Crippen molar-refractivity contribution in [3.8, 4) is 11.5 Å². The van der Waals surface area contributed by atoms with Crippen molar-refractivity contribution in [3.63, 3.8) is 0 Å². The fourth-order valence-corrected chi connectivity index (χ4v) is 2.48. The highest BCUT2D eigenvalue weighted by molar-refractivity contribution is 6.33. The molecule has 0 radical (unpaired) electrons. The Morgan fingerprint density at radius 3 is 2.63 bits per heavy atom. The first-order valence-electron chi connectivity index (χ1n) is 7.65. The predicted molar refractivity (Wildman–Crippen MR) is 93.8 cm³/mol. The summed E-state index contributed by atoms with van der Waals surface area (Å²) in [5.41, 5.74) is 0.451. The van der Waals surface area contributed by atoms with Crippen LogP contribution in [0.3, 0.4) is 0 Å². The van der Waals surface area contributed by atoms with Gasteiger partial charge >= 0.3 is 6.61 Å². The lowest BCUT2D eigenvalue weighted by Crippen LogP contribution is -2.26. The SMILES string of the molecule is COc1cc(CCNC(=O)c2cc([N+](=O)[O-])ccc2Cl)ccc1OC(F)F. The van der Waals surface area contributed by atoms with E-state index in [2.05, 4.69) is 10.1 Å². The van der Waals surface area contributed by atoms with Gasteiger partial charge in [-0.3, -0.25) is 14.9 Å². The van der Waals surface area contributed by atoms with Gasteiger partial charge < -0.3 is 14.8 Å². The molecule has 0 bridgehead atoms. The first-order valence-corrected chi connectivity index (χ1v) is 8.03. The summed E-state index contributed by atoms with van der Waals surface area (Å²) in [6.45, 7) is -2.78. The molecular weight excluding hydrogens is 386 g/mol. The number of nitrogens with zero attached hydrogens (tertiary/aromatic N) is 1. The van der Waals surface area contributed by atoms with Crippen LogP contribution in [0.5, 0.6) is 11.5 Å². The van der Waals surface area contributed by atoms with Gasteiger partial charge in [-0.1, -0.05) is 17.7 Å². The van der Waals surface area contributed by atoms with Gasteiger partial charge in [0.05, 0.1) is 22.6 Å². The third-order valence-corrected chi connectivity index (χ3v) is 3.88. The van der Waals surface area contributed by atoms with Crippen molar-refractivity contribution >= 4 is 23.2 Å². The molecule has 27 heavy (non-hydrogen) atoms. The molecule has 10 heteroatoms. The molecular formula is C17H15ClF2N2O5. The Kier molecular flexibility index (Phi) is 6.89. The molecule has 0 aliphatic carbocycles. The molecule has 1 amide bonds. The van der Waals surface area contributed by atoms with Crippen molar-refractivity contribution in [1.29, 1.82) is 0 Å². The lowest BCUT2D eigenvalue weighted by molar-refractivity contribution is -0.384. The number of methoxy groups -OCH3 is 1. The number of nitro groups is 1. The van der Waals surface area contributed by atoms with Crippen LogP contribution in [0, 0.1) is 10.1 Å². The number of hydrogen-bond donors (Lipinski definition) is 1. The van der Waals surface area contributed by atoms with Crippen molar-refractivity contribution in [3.05, 3.63) is 62.7 Å². The third kappa shape index (κ3) is 5.52. The van der Waals surface area contributed by atoms with Crippen LogP contribution < -0.4 is 14.8 Å². The van der Waals surface area contributed by atoms with E-state index in [1.165, 1.54) is 31.4 Å². The van der Waals surface area contributed by atoms with Crippen LogP contribution in [-0.4, -0.2) is 31.1 Å². The number of rotatable bonds is 8. The van der Waals surface area contributed by atoms with Gasteiger partial charge in [-0.05, 0) is 30.2 Å². The summed E-state index contributed by atoms with van der Waals surface area (Å²) in [7, 11) is 1.32. The standard InChI is InChI=1S/C17H15ClF2N2O5/c1-26-15-8-10(2-5-14(15)27-17(19)20)6-7-21-16(23)12-9-11(22(24)25)3-4-13(12)18/h2-5,8-9,17H,6-7H2,1H3,(H,21,23). The highest BCUT2D eigenvalue weighted by Gasteiger charge is 2.16. The molecule has 2 aromatic rings. The van der Waals surface area contributed by atoms with Crippen LogP contribution in [0.15, 0.2) is 36.4 Å². The van der Waals surface area contributed by atoms with Crippen LogP contribution in [0.2, 0.25) is 5.02 Å². The summed E-state index contributed by atoms with van der Waals surface area (Å²) in [5, 5.41) is 13.5. The largest absolute Gasteiger partial charge is 0.493 e. The minimum absolute atomic E-state index is 0.0101. The number of hydrogen-bond acceptors (Lipinski definition) is 5. The van der Waals surface area contributed by atoms with Gasteiger partial charge in [-0.15, -0.1) is 0 Å². The van der Waals surface area contributed by atoms with E-state index in [1.54, 1.807) is 6.07 Å². The maximum Gasteiger partial charge on any atom is 0.387 e. The van der Waals surface area contributed by atoms with E-state index in [-0.39, 0.29) is 34.3 Å². The number of non-ortho nitro benzene ring substituents is 1. The van der Waals surface area contributed by atoms with Crippen molar-refractivity contribution in [1.82, 2.24) is 5.32 Å². The number of carbonyl (C=O) groups is 1. The molecule has 0 heterocycles. The molecule has 0 atom stereocenters. The minimum atomic E-state index is -2.97. The fourth-order valence-electron chi connectivity index (χ4n) is 2.28. The fraction of sp³-hybridized carbons (Fsp3) is 0.235. The van der Waals surface area contributed by atoms with E-state index in [1.807, 2.05) is 0 Å². The number of halogens is 3. The van der Waals surface area contributed by atoms with Crippen molar-refractivity contribution in [2.24, 2.45) is 0 Å². The number of alkyl halides is 2. The lowest BCUT2D eigenvalue weighted by Gasteiger charge is -2.12. The Labute approximate surface area is 158 Å². The van der Waals surface area contributed by atoms with Gasteiger partial charge in [0.25, 0.3) is 11.6 Å². The van der Waals surface area contributed by atoms with Crippen molar-refractivity contribution < 1.29 is 28.0 Å². The van der Waals surface area contributed by atoms with Gasteiger partial charge in [-0.25, -0.2) is 0 Å². The molecule has 0 aliphatic rings. The zero-order valence-electron chi connectivity index (χ0n) is 14.1. The molecule has 0 fully saturated rings. The van der Waals surface area contributed by atoms with E-state index in [9.17, 15) is 23.7 Å². The second kappa shape index (κ2) is 9.13. The van der Waals surface area contributed by atoms with E-state index >= 15 is 0 Å². The number of ether oxygens (including phenoxy) is 2. The molecule has 2 aromatic carbocycles. The summed E-state index contributed by atoms with van der Waals surface area (Å²) in [6.07, 6.45) is 0.365. The summed E-state index contributed by atoms with van der Waals surface area (Å²) < 4.78 is 34.0. The Balaban J connectivity index is 2.01.